The Morgan fingerprint density at radius 3 is 2.58 bits per heavy atom. The van der Waals surface area contributed by atoms with Gasteiger partial charge in [0.25, 0.3) is 0 Å². The van der Waals surface area contributed by atoms with Crippen molar-refractivity contribution in [2.45, 2.75) is 26.1 Å². The Hall–Kier alpha value is -3.03. The molecule has 1 aromatic heterocycles. The predicted octanol–water partition coefficient (Wildman–Crippen LogP) is 4.82. The van der Waals surface area contributed by atoms with Gasteiger partial charge in [-0.2, -0.15) is 18.2 Å². The number of alkyl halides is 3. The third-order valence-electron chi connectivity index (χ3n) is 3.39. The first-order valence-electron chi connectivity index (χ1n) is 7.94. The lowest BCUT2D eigenvalue weighted by molar-refractivity contribution is -0.137. The summed E-state index contributed by atoms with van der Waals surface area (Å²) < 4.78 is 45.4. The molecule has 0 aliphatic carbocycles. The van der Waals surface area contributed by atoms with Gasteiger partial charge < -0.3 is 10.1 Å². The van der Waals surface area contributed by atoms with Crippen LogP contribution >= 0.6 is 0 Å². The number of rotatable bonds is 5. The second-order valence-electron chi connectivity index (χ2n) is 5.88. The zero-order valence-corrected chi connectivity index (χ0v) is 14.2. The van der Waals surface area contributed by atoms with Crippen LogP contribution in [0.4, 0.5) is 24.8 Å². The van der Waals surface area contributed by atoms with E-state index in [1.54, 1.807) is 6.07 Å². The van der Waals surface area contributed by atoms with Crippen molar-refractivity contribution in [2.75, 3.05) is 5.32 Å². The van der Waals surface area contributed by atoms with Crippen LogP contribution in [0, 0.1) is 0 Å². The van der Waals surface area contributed by atoms with E-state index in [0.29, 0.717) is 11.4 Å². The van der Waals surface area contributed by atoms with E-state index >= 15 is 0 Å². The molecule has 0 unspecified atom stereocenters. The SMILES string of the molecule is CC(C)Oc1cccc(Nc2ncn(-c3cccc(C(F)(F)F)c3)n2)c1. The molecular formula is C18H17F3N4O. The summed E-state index contributed by atoms with van der Waals surface area (Å²) >= 11 is 0. The van der Waals surface area contributed by atoms with Gasteiger partial charge in [0.15, 0.2) is 0 Å². The van der Waals surface area contributed by atoms with Crippen LogP contribution in [0.2, 0.25) is 0 Å². The number of halogens is 3. The number of anilines is 2. The van der Waals surface area contributed by atoms with Crippen LogP contribution in [0.5, 0.6) is 5.75 Å². The molecule has 1 heterocycles. The number of aromatic nitrogens is 3. The Bertz CT molecular complexity index is 890. The van der Waals surface area contributed by atoms with E-state index in [1.807, 2.05) is 32.0 Å². The number of nitrogens with one attached hydrogen (secondary N) is 1. The van der Waals surface area contributed by atoms with Gasteiger partial charge in [-0.1, -0.05) is 12.1 Å². The average molecular weight is 362 g/mol. The van der Waals surface area contributed by atoms with Gasteiger partial charge in [0, 0.05) is 11.8 Å². The molecule has 0 aliphatic rings. The van der Waals surface area contributed by atoms with Crippen molar-refractivity contribution >= 4 is 11.6 Å². The van der Waals surface area contributed by atoms with Crippen LogP contribution in [0.15, 0.2) is 54.9 Å². The van der Waals surface area contributed by atoms with Gasteiger partial charge in [-0.25, -0.2) is 4.68 Å². The van der Waals surface area contributed by atoms with Crippen molar-refractivity contribution in [1.82, 2.24) is 14.8 Å². The molecule has 136 valence electrons. The Balaban J connectivity index is 1.79. The predicted molar refractivity (Wildman–Crippen MR) is 91.8 cm³/mol. The van der Waals surface area contributed by atoms with Gasteiger partial charge in [-0.05, 0) is 44.2 Å². The molecule has 3 rings (SSSR count). The largest absolute Gasteiger partial charge is 0.491 e. The van der Waals surface area contributed by atoms with Gasteiger partial charge in [0.05, 0.1) is 17.4 Å². The number of hydrogen-bond donors (Lipinski definition) is 1. The van der Waals surface area contributed by atoms with E-state index in [2.05, 4.69) is 15.4 Å². The van der Waals surface area contributed by atoms with E-state index in [-0.39, 0.29) is 17.7 Å². The fourth-order valence-corrected chi connectivity index (χ4v) is 2.32. The van der Waals surface area contributed by atoms with Gasteiger partial charge in [-0.3, -0.25) is 0 Å². The molecule has 5 nitrogen and oxygen atoms in total. The highest BCUT2D eigenvalue weighted by molar-refractivity contribution is 5.55. The summed E-state index contributed by atoms with van der Waals surface area (Å²) in [6.07, 6.45) is -3.01. The average Bonchev–Trinajstić information content (AvgIpc) is 3.02. The highest BCUT2D eigenvalue weighted by atomic mass is 19.4. The summed E-state index contributed by atoms with van der Waals surface area (Å²) in [4.78, 5) is 4.09. The van der Waals surface area contributed by atoms with Crippen molar-refractivity contribution in [3.05, 3.63) is 60.4 Å². The Labute approximate surface area is 148 Å². The highest BCUT2D eigenvalue weighted by Gasteiger charge is 2.30. The molecule has 0 saturated heterocycles. The number of hydrogen-bond acceptors (Lipinski definition) is 4. The maximum atomic E-state index is 12.8. The van der Waals surface area contributed by atoms with Crippen LogP contribution in [0.25, 0.3) is 5.69 Å². The summed E-state index contributed by atoms with van der Waals surface area (Å²) in [6.45, 7) is 3.86. The molecule has 0 spiro atoms. The molecule has 26 heavy (non-hydrogen) atoms. The molecule has 0 bridgehead atoms. The van der Waals surface area contributed by atoms with Crippen LogP contribution in [-0.2, 0) is 6.18 Å². The molecule has 0 saturated carbocycles. The van der Waals surface area contributed by atoms with Crippen molar-refractivity contribution < 1.29 is 17.9 Å². The third-order valence-corrected chi connectivity index (χ3v) is 3.39. The maximum Gasteiger partial charge on any atom is 0.416 e. The molecule has 0 atom stereocenters. The van der Waals surface area contributed by atoms with Crippen molar-refractivity contribution in [1.29, 1.82) is 0 Å². The molecule has 3 aromatic rings. The Kier molecular flexibility index (Phi) is 4.83. The van der Waals surface area contributed by atoms with E-state index in [0.717, 1.165) is 12.1 Å². The molecule has 0 amide bonds. The fourth-order valence-electron chi connectivity index (χ4n) is 2.32. The van der Waals surface area contributed by atoms with Crippen LogP contribution in [0.3, 0.4) is 0 Å². The normalized spacial score (nSPS) is 11.6. The summed E-state index contributed by atoms with van der Waals surface area (Å²) in [5, 5.41) is 7.18. The second kappa shape index (κ2) is 7.07. The molecule has 0 aliphatic heterocycles. The molecule has 0 radical (unpaired) electrons. The lowest BCUT2D eigenvalue weighted by atomic mass is 10.2. The lowest BCUT2D eigenvalue weighted by Gasteiger charge is -2.11. The lowest BCUT2D eigenvalue weighted by Crippen LogP contribution is -2.06. The van der Waals surface area contributed by atoms with Gasteiger partial charge in [0.2, 0.25) is 5.95 Å². The Morgan fingerprint density at radius 2 is 1.85 bits per heavy atom. The van der Waals surface area contributed by atoms with Crippen molar-refractivity contribution in [3.63, 3.8) is 0 Å². The minimum absolute atomic E-state index is 0.0449. The molecule has 8 heteroatoms. The van der Waals surface area contributed by atoms with Crippen molar-refractivity contribution in [2.24, 2.45) is 0 Å². The van der Waals surface area contributed by atoms with Crippen LogP contribution < -0.4 is 10.1 Å². The third kappa shape index (κ3) is 4.33. The molecule has 1 N–H and O–H groups in total. The maximum absolute atomic E-state index is 12.8. The Morgan fingerprint density at radius 1 is 1.08 bits per heavy atom. The minimum atomic E-state index is -4.41. The summed E-state index contributed by atoms with van der Waals surface area (Å²) in [7, 11) is 0. The quantitative estimate of drug-likeness (QED) is 0.707. The van der Waals surface area contributed by atoms with Crippen LogP contribution in [0.1, 0.15) is 19.4 Å². The smallest absolute Gasteiger partial charge is 0.416 e. The van der Waals surface area contributed by atoms with E-state index in [9.17, 15) is 13.2 Å². The fraction of sp³-hybridized carbons (Fsp3) is 0.222. The zero-order chi connectivity index (χ0) is 18.7. The summed E-state index contributed by atoms with van der Waals surface area (Å²) in [5.74, 6) is 0.964. The van der Waals surface area contributed by atoms with Gasteiger partial charge in [-0.15, -0.1) is 5.10 Å². The standard InChI is InChI=1S/C18H17F3N4O/c1-12(2)26-16-8-4-6-14(10-16)23-17-22-11-25(24-17)15-7-3-5-13(9-15)18(19,20)21/h3-12H,1-2H3,(H,23,24). The first-order valence-corrected chi connectivity index (χ1v) is 7.94. The second-order valence-corrected chi connectivity index (χ2v) is 5.88. The first kappa shape index (κ1) is 17.8. The van der Waals surface area contributed by atoms with Gasteiger partial charge in [0.1, 0.15) is 12.1 Å². The highest BCUT2D eigenvalue weighted by Crippen LogP contribution is 2.30. The van der Waals surface area contributed by atoms with Gasteiger partial charge >= 0.3 is 6.18 Å². The number of ether oxygens (including phenoxy) is 1. The zero-order valence-electron chi connectivity index (χ0n) is 14.2. The number of nitrogens with zero attached hydrogens (tertiary/aromatic N) is 3. The van der Waals surface area contributed by atoms with E-state index in [4.69, 9.17) is 4.74 Å². The summed E-state index contributed by atoms with van der Waals surface area (Å²) in [6, 6.07) is 12.2. The summed E-state index contributed by atoms with van der Waals surface area (Å²) in [5.41, 5.74) is 0.251. The molecule has 2 aromatic carbocycles. The van der Waals surface area contributed by atoms with Crippen molar-refractivity contribution in [3.8, 4) is 11.4 Å². The topological polar surface area (TPSA) is 52.0 Å². The van der Waals surface area contributed by atoms with E-state index in [1.165, 1.54) is 23.1 Å². The number of benzene rings is 2. The monoisotopic (exact) mass is 362 g/mol. The van der Waals surface area contributed by atoms with E-state index < -0.39 is 11.7 Å². The minimum Gasteiger partial charge on any atom is -0.491 e. The van der Waals surface area contributed by atoms with Crippen LogP contribution in [-0.4, -0.2) is 20.9 Å². The molecule has 0 fully saturated rings. The molecular weight excluding hydrogens is 345 g/mol. The first-order chi connectivity index (χ1) is 12.3.